The van der Waals surface area contributed by atoms with Crippen LogP contribution in [0, 0.1) is 0 Å². The van der Waals surface area contributed by atoms with Crippen molar-refractivity contribution in [1.82, 2.24) is 0 Å². The van der Waals surface area contributed by atoms with Gasteiger partial charge in [-0.2, -0.15) is 0 Å². The maximum atomic E-state index is 5.77. The van der Waals surface area contributed by atoms with Gasteiger partial charge in [-0.3, -0.25) is 4.99 Å². The molecule has 2 N–H and O–H groups in total. The summed E-state index contributed by atoms with van der Waals surface area (Å²) in [6.45, 7) is 5.04. The van der Waals surface area contributed by atoms with Gasteiger partial charge in [-0.05, 0) is 26.2 Å². The molecule has 1 fully saturated rings. The highest BCUT2D eigenvalue weighted by molar-refractivity contribution is 5.80. The highest BCUT2D eigenvalue weighted by atomic mass is 16.5. The Labute approximate surface area is 80.4 Å². The van der Waals surface area contributed by atoms with Crippen LogP contribution in [0.3, 0.4) is 0 Å². The summed E-state index contributed by atoms with van der Waals surface area (Å²) in [7, 11) is 0. The molecule has 0 aromatic carbocycles. The molecular weight excluding hydrogens is 164 g/mol. The summed E-state index contributed by atoms with van der Waals surface area (Å²) in [6.07, 6.45) is 4.39. The molecule has 2 atom stereocenters. The Balaban J connectivity index is 2.38. The molecule has 0 bridgehead atoms. The molecule has 13 heavy (non-hydrogen) atoms. The zero-order valence-electron chi connectivity index (χ0n) is 8.62. The Morgan fingerprint density at radius 2 is 2.38 bits per heavy atom. The van der Waals surface area contributed by atoms with Crippen molar-refractivity contribution in [3.8, 4) is 0 Å². The summed E-state index contributed by atoms with van der Waals surface area (Å²) in [6, 6.07) is 0.398. The van der Waals surface area contributed by atoms with Gasteiger partial charge in [0.2, 0.25) is 0 Å². The van der Waals surface area contributed by atoms with Crippen LogP contribution < -0.4 is 5.73 Å². The molecule has 0 aliphatic carbocycles. The third-order valence-electron chi connectivity index (χ3n) is 2.31. The topological polar surface area (TPSA) is 47.6 Å². The highest BCUT2D eigenvalue weighted by Gasteiger charge is 2.18. The minimum absolute atomic E-state index is 0.344. The predicted molar refractivity (Wildman–Crippen MR) is 55.0 cm³/mol. The van der Waals surface area contributed by atoms with Crippen molar-refractivity contribution in [3.63, 3.8) is 0 Å². The molecule has 1 rings (SSSR count). The van der Waals surface area contributed by atoms with E-state index in [4.69, 9.17) is 10.5 Å². The van der Waals surface area contributed by atoms with Crippen LogP contribution in [0.25, 0.3) is 0 Å². The Hall–Kier alpha value is -0.570. The lowest BCUT2D eigenvalue weighted by atomic mass is 10.1. The second-order valence-corrected chi connectivity index (χ2v) is 3.73. The van der Waals surface area contributed by atoms with Crippen LogP contribution in [-0.2, 0) is 4.74 Å². The summed E-state index contributed by atoms with van der Waals surface area (Å²) < 4.78 is 5.44. The minimum atomic E-state index is 0.344. The van der Waals surface area contributed by atoms with E-state index in [1.54, 1.807) is 0 Å². The SMILES string of the molecule is CCCC(N)=NC1CCOC(C)C1. The molecule has 1 saturated heterocycles. The van der Waals surface area contributed by atoms with Crippen LogP contribution in [0.1, 0.15) is 39.5 Å². The van der Waals surface area contributed by atoms with Crippen LogP contribution >= 0.6 is 0 Å². The maximum absolute atomic E-state index is 5.77. The van der Waals surface area contributed by atoms with Crippen LogP contribution in [0.15, 0.2) is 4.99 Å². The Morgan fingerprint density at radius 3 is 3.00 bits per heavy atom. The van der Waals surface area contributed by atoms with Gasteiger partial charge in [0.15, 0.2) is 0 Å². The van der Waals surface area contributed by atoms with Crippen LogP contribution in [-0.4, -0.2) is 24.6 Å². The van der Waals surface area contributed by atoms with E-state index in [9.17, 15) is 0 Å². The van der Waals surface area contributed by atoms with E-state index >= 15 is 0 Å². The first-order valence-electron chi connectivity index (χ1n) is 5.16. The second-order valence-electron chi connectivity index (χ2n) is 3.73. The van der Waals surface area contributed by atoms with Gasteiger partial charge in [0.1, 0.15) is 0 Å². The molecule has 0 aromatic rings. The third kappa shape index (κ3) is 3.77. The van der Waals surface area contributed by atoms with Gasteiger partial charge in [-0.15, -0.1) is 0 Å². The van der Waals surface area contributed by atoms with E-state index in [2.05, 4.69) is 18.8 Å². The van der Waals surface area contributed by atoms with E-state index < -0.39 is 0 Å². The Bertz CT molecular complexity index is 180. The number of rotatable bonds is 3. The lowest BCUT2D eigenvalue weighted by molar-refractivity contribution is 0.0204. The number of aliphatic imine (C=N–C) groups is 1. The van der Waals surface area contributed by atoms with E-state index in [0.29, 0.717) is 12.1 Å². The molecule has 1 aliphatic heterocycles. The van der Waals surface area contributed by atoms with Crippen molar-refractivity contribution in [2.24, 2.45) is 10.7 Å². The normalized spacial score (nSPS) is 30.5. The number of ether oxygens (including phenoxy) is 1. The smallest absolute Gasteiger partial charge is 0.0940 e. The molecular formula is C10H20N2O. The monoisotopic (exact) mass is 184 g/mol. The summed E-state index contributed by atoms with van der Waals surface area (Å²) in [5.41, 5.74) is 5.77. The summed E-state index contributed by atoms with van der Waals surface area (Å²) in [5, 5.41) is 0. The van der Waals surface area contributed by atoms with E-state index in [1.807, 2.05) is 0 Å². The molecule has 3 heteroatoms. The Morgan fingerprint density at radius 1 is 1.62 bits per heavy atom. The predicted octanol–water partition coefficient (Wildman–Crippen LogP) is 1.71. The van der Waals surface area contributed by atoms with Crippen molar-refractivity contribution >= 4 is 5.84 Å². The van der Waals surface area contributed by atoms with Crippen molar-refractivity contribution in [2.75, 3.05) is 6.61 Å². The van der Waals surface area contributed by atoms with Crippen molar-refractivity contribution < 1.29 is 4.74 Å². The Kier molecular flexibility index (Phi) is 4.22. The second kappa shape index (κ2) is 5.22. The average Bonchev–Trinajstić information content (AvgIpc) is 2.04. The summed E-state index contributed by atoms with van der Waals surface area (Å²) in [4.78, 5) is 4.49. The number of amidine groups is 1. The fourth-order valence-electron chi connectivity index (χ4n) is 1.65. The summed E-state index contributed by atoms with van der Waals surface area (Å²) >= 11 is 0. The largest absolute Gasteiger partial charge is 0.387 e. The van der Waals surface area contributed by atoms with Gasteiger partial charge in [0.05, 0.1) is 18.0 Å². The van der Waals surface area contributed by atoms with E-state index in [0.717, 1.165) is 38.1 Å². The number of hydrogen-bond acceptors (Lipinski definition) is 2. The van der Waals surface area contributed by atoms with Crippen molar-refractivity contribution in [3.05, 3.63) is 0 Å². The van der Waals surface area contributed by atoms with Gasteiger partial charge in [-0.1, -0.05) is 6.92 Å². The van der Waals surface area contributed by atoms with E-state index in [1.165, 1.54) is 0 Å². The summed E-state index contributed by atoms with van der Waals surface area (Å²) in [5.74, 6) is 0.807. The fourth-order valence-corrected chi connectivity index (χ4v) is 1.65. The zero-order chi connectivity index (χ0) is 9.68. The first-order chi connectivity index (χ1) is 6.22. The number of hydrogen-bond donors (Lipinski definition) is 1. The quantitative estimate of drug-likeness (QED) is 0.536. The van der Waals surface area contributed by atoms with Crippen LogP contribution in [0.5, 0.6) is 0 Å². The average molecular weight is 184 g/mol. The third-order valence-corrected chi connectivity index (χ3v) is 2.31. The van der Waals surface area contributed by atoms with E-state index in [-0.39, 0.29) is 0 Å². The van der Waals surface area contributed by atoms with Gasteiger partial charge in [0.25, 0.3) is 0 Å². The molecule has 0 saturated carbocycles. The highest BCUT2D eigenvalue weighted by Crippen LogP contribution is 2.16. The molecule has 3 nitrogen and oxygen atoms in total. The maximum Gasteiger partial charge on any atom is 0.0940 e. The van der Waals surface area contributed by atoms with Crippen LogP contribution in [0.4, 0.5) is 0 Å². The lowest BCUT2D eigenvalue weighted by Crippen LogP contribution is -2.27. The zero-order valence-corrected chi connectivity index (χ0v) is 8.62. The molecule has 1 aliphatic rings. The van der Waals surface area contributed by atoms with Crippen LogP contribution in [0.2, 0.25) is 0 Å². The minimum Gasteiger partial charge on any atom is -0.387 e. The molecule has 0 radical (unpaired) electrons. The standard InChI is InChI=1S/C10H20N2O/c1-3-4-10(11)12-9-5-6-13-8(2)7-9/h8-9H,3-7H2,1-2H3,(H2,11,12). The molecule has 0 aromatic heterocycles. The van der Waals surface area contributed by atoms with Crippen molar-refractivity contribution in [2.45, 2.75) is 51.7 Å². The van der Waals surface area contributed by atoms with Crippen molar-refractivity contribution in [1.29, 1.82) is 0 Å². The van der Waals surface area contributed by atoms with Gasteiger partial charge < -0.3 is 10.5 Å². The molecule has 76 valence electrons. The number of nitrogens with zero attached hydrogens (tertiary/aromatic N) is 1. The first-order valence-corrected chi connectivity index (χ1v) is 5.16. The lowest BCUT2D eigenvalue weighted by Gasteiger charge is -2.24. The molecule has 1 heterocycles. The van der Waals surface area contributed by atoms with Gasteiger partial charge >= 0.3 is 0 Å². The number of nitrogens with two attached hydrogens (primary N) is 1. The van der Waals surface area contributed by atoms with Gasteiger partial charge in [0, 0.05) is 13.0 Å². The molecule has 0 spiro atoms. The van der Waals surface area contributed by atoms with Gasteiger partial charge in [-0.25, -0.2) is 0 Å². The fraction of sp³-hybridized carbons (Fsp3) is 0.900. The first kappa shape index (κ1) is 10.5. The molecule has 2 unspecified atom stereocenters. The molecule has 0 amide bonds.